The van der Waals surface area contributed by atoms with Gasteiger partial charge in [-0.15, -0.1) is 11.3 Å². The third kappa shape index (κ3) is 5.59. The van der Waals surface area contributed by atoms with Crippen molar-refractivity contribution in [3.05, 3.63) is 45.6 Å². The lowest BCUT2D eigenvalue weighted by molar-refractivity contribution is -0.136. The minimum Gasteiger partial charge on any atom is -0.481 e. The van der Waals surface area contributed by atoms with E-state index in [1.54, 1.807) is 56.9 Å². The summed E-state index contributed by atoms with van der Waals surface area (Å²) < 4.78 is 5.57. The standard InChI is InChI=1S/C23H29N3O5S/c1-14(26(22(30)31-23(2,3)4)17-7-5-16(24)6-8-17)21(29)25-10-9-19-15(13-25)11-18(32-19)12-20(27)28/h5-8,11,14H,9-10,12-13,24H2,1-4H3,(H,27,28)/t14-/m0/s1. The minimum absolute atomic E-state index is 0.0222. The number of thiophene rings is 1. The minimum atomic E-state index is -0.873. The smallest absolute Gasteiger partial charge is 0.415 e. The van der Waals surface area contributed by atoms with Crippen LogP contribution in [0.4, 0.5) is 16.2 Å². The molecule has 2 aromatic rings. The van der Waals surface area contributed by atoms with E-state index in [1.807, 2.05) is 6.07 Å². The third-order valence-corrected chi connectivity index (χ3v) is 6.30. The lowest BCUT2D eigenvalue weighted by Crippen LogP contribution is -2.51. The largest absolute Gasteiger partial charge is 0.481 e. The Balaban J connectivity index is 1.82. The van der Waals surface area contributed by atoms with Gasteiger partial charge in [0, 0.05) is 34.2 Å². The molecule has 0 saturated carbocycles. The molecule has 1 aliphatic heterocycles. The highest BCUT2D eigenvalue weighted by atomic mass is 32.1. The van der Waals surface area contributed by atoms with Crippen LogP contribution in [-0.2, 0) is 33.7 Å². The lowest BCUT2D eigenvalue weighted by Gasteiger charge is -2.35. The zero-order chi connectivity index (χ0) is 23.6. The number of carbonyl (C=O) groups is 3. The molecule has 0 radical (unpaired) electrons. The first-order chi connectivity index (χ1) is 14.9. The topological polar surface area (TPSA) is 113 Å². The van der Waals surface area contributed by atoms with E-state index in [1.165, 1.54) is 16.2 Å². The van der Waals surface area contributed by atoms with Crippen LogP contribution in [0.3, 0.4) is 0 Å². The lowest BCUT2D eigenvalue weighted by atomic mass is 10.1. The molecule has 0 saturated heterocycles. The predicted octanol–water partition coefficient (Wildman–Crippen LogP) is 3.67. The Hall–Kier alpha value is -3.07. The van der Waals surface area contributed by atoms with E-state index >= 15 is 0 Å². The number of fused-ring (bicyclic) bond motifs is 1. The summed E-state index contributed by atoms with van der Waals surface area (Å²) in [5, 5.41) is 9.05. The van der Waals surface area contributed by atoms with E-state index < -0.39 is 23.7 Å². The monoisotopic (exact) mass is 459 g/mol. The second kappa shape index (κ2) is 9.20. The maximum Gasteiger partial charge on any atom is 0.415 e. The van der Waals surface area contributed by atoms with E-state index in [0.717, 1.165) is 15.3 Å². The molecule has 9 heteroatoms. The summed E-state index contributed by atoms with van der Waals surface area (Å²) in [6, 6.07) is 7.79. The van der Waals surface area contributed by atoms with Gasteiger partial charge in [0.25, 0.3) is 0 Å². The van der Waals surface area contributed by atoms with Gasteiger partial charge in [-0.2, -0.15) is 0 Å². The molecule has 172 valence electrons. The second-order valence-corrected chi connectivity index (χ2v) is 10.1. The maximum atomic E-state index is 13.4. The van der Waals surface area contributed by atoms with Crippen molar-refractivity contribution in [3.63, 3.8) is 0 Å². The van der Waals surface area contributed by atoms with E-state index in [0.29, 0.717) is 30.9 Å². The fourth-order valence-corrected chi connectivity index (χ4v) is 4.79. The SMILES string of the molecule is C[C@@H](C(=O)N1CCc2sc(CC(=O)O)cc2C1)N(C(=O)OC(C)(C)C)c1ccc(N)cc1. The average molecular weight is 460 g/mol. The normalized spacial score (nSPS) is 14.4. The average Bonchev–Trinajstić information content (AvgIpc) is 3.08. The van der Waals surface area contributed by atoms with Gasteiger partial charge in [-0.25, -0.2) is 4.79 Å². The first-order valence-corrected chi connectivity index (χ1v) is 11.2. The van der Waals surface area contributed by atoms with E-state index in [4.69, 9.17) is 15.6 Å². The Bertz CT molecular complexity index is 1010. The van der Waals surface area contributed by atoms with Crippen LogP contribution in [0.1, 0.15) is 43.0 Å². The number of carboxylic acids is 1. The van der Waals surface area contributed by atoms with E-state index in [9.17, 15) is 14.4 Å². The number of aliphatic carboxylic acids is 1. The Morgan fingerprint density at radius 3 is 2.50 bits per heavy atom. The number of nitrogens with zero attached hydrogens (tertiary/aromatic N) is 2. The van der Waals surface area contributed by atoms with Crippen molar-refractivity contribution < 1.29 is 24.2 Å². The Labute approximate surface area is 191 Å². The maximum absolute atomic E-state index is 13.4. The summed E-state index contributed by atoms with van der Waals surface area (Å²) in [5.74, 6) is -1.08. The molecule has 2 heterocycles. The number of carboxylic acid groups (broad SMARTS) is 1. The molecule has 1 atom stereocenters. The number of nitrogen functional groups attached to an aromatic ring is 1. The highest BCUT2D eigenvalue weighted by molar-refractivity contribution is 7.12. The van der Waals surface area contributed by atoms with Gasteiger partial charge >= 0.3 is 12.1 Å². The van der Waals surface area contributed by atoms with Gasteiger partial charge in [0.1, 0.15) is 11.6 Å². The predicted molar refractivity (Wildman–Crippen MR) is 124 cm³/mol. The fraction of sp³-hybridized carbons (Fsp3) is 0.435. The molecule has 8 nitrogen and oxygen atoms in total. The van der Waals surface area contributed by atoms with Crippen LogP contribution < -0.4 is 10.6 Å². The molecular formula is C23H29N3O5S. The number of hydrogen-bond donors (Lipinski definition) is 2. The highest BCUT2D eigenvalue weighted by Crippen LogP contribution is 2.30. The molecule has 0 bridgehead atoms. The number of amides is 2. The van der Waals surface area contributed by atoms with Crippen molar-refractivity contribution in [3.8, 4) is 0 Å². The molecule has 0 unspecified atom stereocenters. The summed E-state index contributed by atoms with van der Waals surface area (Å²) in [6.45, 7) is 7.90. The fourth-order valence-electron chi connectivity index (χ4n) is 3.63. The molecule has 0 fully saturated rings. The highest BCUT2D eigenvalue weighted by Gasteiger charge is 2.35. The van der Waals surface area contributed by atoms with Gasteiger partial charge in [0.2, 0.25) is 5.91 Å². The first-order valence-electron chi connectivity index (χ1n) is 10.4. The van der Waals surface area contributed by atoms with Crippen molar-refractivity contribution in [1.29, 1.82) is 0 Å². The number of benzene rings is 1. The van der Waals surface area contributed by atoms with Crippen LogP contribution >= 0.6 is 11.3 Å². The van der Waals surface area contributed by atoms with Crippen molar-refractivity contribution in [2.75, 3.05) is 17.2 Å². The zero-order valence-corrected chi connectivity index (χ0v) is 19.6. The molecule has 1 aromatic heterocycles. The number of nitrogens with two attached hydrogens (primary N) is 1. The van der Waals surface area contributed by atoms with Crippen LogP contribution in [0.2, 0.25) is 0 Å². The van der Waals surface area contributed by atoms with Crippen LogP contribution in [0.5, 0.6) is 0 Å². The van der Waals surface area contributed by atoms with Gasteiger partial charge in [-0.3, -0.25) is 14.5 Å². The number of anilines is 2. The molecular weight excluding hydrogens is 430 g/mol. The molecule has 32 heavy (non-hydrogen) atoms. The zero-order valence-electron chi connectivity index (χ0n) is 18.8. The second-order valence-electron chi connectivity index (χ2n) is 8.86. The quantitative estimate of drug-likeness (QED) is 0.660. The summed E-state index contributed by atoms with van der Waals surface area (Å²) in [4.78, 5) is 42.4. The molecule has 1 aliphatic rings. The molecule has 0 spiro atoms. The molecule has 0 aliphatic carbocycles. The molecule has 1 aromatic carbocycles. The molecule has 2 amide bonds. The van der Waals surface area contributed by atoms with Crippen molar-refractivity contribution in [2.45, 2.75) is 58.7 Å². The summed E-state index contributed by atoms with van der Waals surface area (Å²) in [5.41, 5.74) is 7.11. The third-order valence-electron chi connectivity index (χ3n) is 5.06. The summed E-state index contributed by atoms with van der Waals surface area (Å²) in [7, 11) is 0. The number of carbonyl (C=O) groups excluding carboxylic acids is 2. The molecule has 3 N–H and O–H groups in total. The van der Waals surface area contributed by atoms with Crippen LogP contribution in [-0.4, -0.2) is 46.2 Å². The number of rotatable bonds is 5. The van der Waals surface area contributed by atoms with Gasteiger partial charge in [0.15, 0.2) is 0 Å². The van der Waals surface area contributed by atoms with Gasteiger partial charge in [-0.1, -0.05) is 0 Å². The molecule has 3 rings (SSSR count). The van der Waals surface area contributed by atoms with E-state index in [2.05, 4.69) is 0 Å². The summed E-state index contributed by atoms with van der Waals surface area (Å²) >= 11 is 1.49. The van der Waals surface area contributed by atoms with Crippen molar-refractivity contribution >= 4 is 40.7 Å². The van der Waals surface area contributed by atoms with Crippen LogP contribution in [0, 0.1) is 0 Å². The summed E-state index contributed by atoms with van der Waals surface area (Å²) in [6.07, 6.45) is 0.0258. The van der Waals surface area contributed by atoms with Crippen LogP contribution in [0.15, 0.2) is 30.3 Å². The Morgan fingerprint density at radius 2 is 1.91 bits per heavy atom. The van der Waals surface area contributed by atoms with Crippen LogP contribution in [0.25, 0.3) is 0 Å². The Kier molecular flexibility index (Phi) is 6.78. The number of hydrogen-bond acceptors (Lipinski definition) is 6. The van der Waals surface area contributed by atoms with Crippen molar-refractivity contribution in [2.24, 2.45) is 0 Å². The van der Waals surface area contributed by atoms with Gasteiger partial charge < -0.3 is 20.5 Å². The first kappa shape index (κ1) is 23.6. The van der Waals surface area contributed by atoms with E-state index in [-0.39, 0.29) is 12.3 Å². The van der Waals surface area contributed by atoms with Gasteiger partial charge in [-0.05, 0) is 70.0 Å². The Morgan fingerprint density at radius 1 is 1.25 bits per heavy atom. The van der Waals surface area contributed by atoms with Crippen molar-refractivity contribution in [1.82, 2.24) is 4.90 Å². The number of ether oxygens (including phenoxy) is 1. The van der Waals surface area contributed by atoms with Gasteiger partial charge in [0.05, 0.1) is 6.42 Å².